The quantitative estimate of drug-likeness (QED) is 0.310. The average Bonchev–Trinajstić information content (AvgIpc) is 3.22. The van der Waals surface area contributed by atoms with Crippen molar-refractivity contribution in [3.8, 4) is 27.3 Å². The second-order valence-corrected chi connectivity index (χ2v) is 9.62. The van der Waals surface area contributed by atoms with Gasteiger partial charge in [0.1, 0.15) is 5.75 Å². The molecule has 5 nitrogen and oxygen atoms in total. The first kappa shape index (κ1) is 23.1. The van der Waals surface area contributed by atoms with E-state index >= 15 is 0 Å². The lowest BCUT2D eigenvalue weighted by Gasteiger charge is -2.11. The van der Waals surface area contributed by atoms with Gasteiger partial charge < -0.3 is 14.8 Å². The number of methoxy groups -OCH3 is 1. The van der Waals surface area contributed by atoms with Gasteiger partial charge in [-0.15, -0.1) is 11.3 Å². The zero-order valence-electron chi connectivity index (χ0n) is 19.0. The summed E-state index contributed by atoms with van der Waals surface area (Å²) in [5.41, 5.74) is 5.52. The number of anilines is 1. The molecule has 176 valence electrons. The van der Waals surface area contributed by atoms with E-state index in [9.17, 15) is 9.59 Å². The Morgan fingerprint density at radius 3 is 2.69 bits per heavy atom. The first-order chi connectivity index (χ1) is 17.0. The van der Waals surface area contributed by atoms with Crippen molar-refractivity contribution in [3.05, 3.63) is 93.8 Å². The minimum Gasteiger partial charge on any atom is -0.493 e. The maximum atomic E-state index is 12.9. The molecule has 0 saturated carbocycles. The molecule has 1 N–H and O–H groups in total. The third-order valence-electron chi connectivity index (χ3n) is 5.85. The van der Waals surface area contributed by atoms with Crippen LogP contribution in [0.4, 0.5) is 5.69 Å². The third kappa shape index (κ3) is 4.94. The molecule has 0 fully saturated rings. The summed E-state index contributed by atoms with van der Waals surface area (Å²) in [5, 5.41) is 3.40. The molecule has 1 aromatic heterocycles. The van der Waals surface area contributed by atoms with Gasteiger partial charge in [0, 0.05) is 16.9 Å². The molecule has 7 heteroatoms. The number of para-hydroxylation sites is 1. The molecule has 0 saturated heterocycles. The molecular weight excluding hydrogens is 482 g/mol. The average molecular weight is 504 g/mol. The number of carbonyl (C=O) groups excluding carboxylic acids is 2. The van der Waals surface area contributed by atoms with Crippen molar-refractivity contribution in [1.82, 2.24) is 0 Å². The Morgan fingerprint density at radius 1 is 1.03 bits per heavy atom. The van der Waals surface area contributed by atoms with Crippen LogP contribution in [-0.2, 0) is 22.4 Å². The van der Waals surface area contributed by atoms with E-state index in [2.05, 4.69) is 5.32 Å². The third-order valence-corrected chi connectivity index (χ3v) is 7.39. The molecule has 1 amide bonds. The van der Waals surface area contributed by atoms with Crippen LogP contribution in [0.5, 0.6) is 5.75 Å². The van der Waals surface area contributed by atoms with Crippen LogP contribution in [0, 0.1) is 0 Å². The van der Waals surface area contributed by atoms with E-state index in [0.717, 1.165) is 38.4 Å². The maximum absolute atomic E-state index is 12.9. The fraction of sp³-hybridized carbons (Fsp3) is 0.143. The predicted molar refractivity (Wildman–Crippen MR) is 140 cm³/mol. The fourth-order valence-electron chi connectivity index (χ4n) is 4.08. The zero-order chi connectivity index (χ0) is 24.4. The van der Waals surface area contributed by atoms with Crippen LogP contribution in [0.1, 0.15) is 20.8 Å². The summed E-state index contributed by atoms with van der Waals surface area (Å²) in [7, 11) is 1.39. The van der Waals surface area contributed by atoms with Crippen molar-refractivity contribution in [2.45, 2.75) is 12.8 Å². The van der Waals surface area contributed by atoms with Gasteiger partial charge in [0.15, 0.2) is 0 Å². The lowest BCUT2D eigenvalue weighted by molar-refractivity contribution is -0.139. The Bertz CT molecular complexity index is 1430. The van der Waals surface area contributed by atoms with Crippen LogP contribution < -0.4 is 10.1 Å². The van der Waals surface area contributed by atoms with Gasteiger partial charge in [-0.25, -0.2) is 0 Å². The molecule has 0 atom stereocenters. The first-order valence-corrected chi connectivity index (χ1v) is 12.3. The summed E-state index contributed by atoms with van der Waals surface area (Å²) in [6.45, 7) is 0.522. The van der Waals surface area contributed by atoms with Gasteiger partial charge in [0.2, 0.25) is 0 Å². The smallest absolute Gasteiger partial charge is 0.309 e. The lowest BCUT2D eigenvalue weighted by atomic mass is 9.99. The Balaban J connectivity index is 1.44. The molecule has 0 bridgehead atoms. The van der Waals surface area contributed by atoms with Crippen molar-refractivity contribution in [2.24, 2.45) is 0 Å². The summed E-state index contributed by atoms with van der Waals surface area (Å²) in [5.74, 6) is 0.323. The van der Waals surface area contributed by atoms with E-state index in [-0.39, 0.29) is 18.3 Å². The van der Waals surface area contributed by atoms with Crippen LogP contribution in [0.15, 0.2) is 72.8 Å². The zero-order valence-corrected chi connectivity index (χ0v) is 20.5. The van der Waals surface area contributed by atoms with E-state index in [1.54, 1.807) is 12.1 Å². The molecule has 0 unspecified atom stereocenters. The molecule has 2 heterocycles. The highest BCUT2D eigenvalue weighted by Crippen LogP contribution is 2.42. The van der Waals surface area contributed by atoms with Crippen LogP contribution in [-0.4, -0.2) is 25.6 Å². The molecule has 1 aliphatic rings. The van der Waals surface area contributed by atoms with Gasteiger partial charge in [-0.3, -0.25) is 9.59 Å². The molecule has 0 aliphatic carbocycles. The van der Waals surface area contributed by atoms with Crippen LogP contribution in [0.25, 0.3) is 21.6 Å². The number of halogens is 1. The minimum absolute atomic E-state index is 0.183. The van der Waals surface area contributed by atoms with E-state index in [1.165, 1.54) is 18.4 Å². The summed E-state index contributed by atoms with van der Waals surface area (Å²) < 4.78 is 10.9. The molecule has 1 aliphatic heterocycles. The van der Waals surface area contributed by atoms with Crippen molar-refractivity contribution in [2.75, 3.05) is 19.0 Å². The normalized spacial score (nSPS) is 12.1. The second kappa shape index (κ2) is 9.94. The van der Waals surface area contributed by atoms with Crippen molar-refractivity contribution < 1.29 is 19.1 Å². The van der Waals surface area contributed by atoms with Crippen molar-refractivity contribution >= 4 is 40.5 Å². The standard InChI is InChI=1S/C28H22ClNO4S/c1-33-26(31)14-17-5-4-6-18(13-17)19-9-10-21-24(15-19)34-12-11-20-16-25(35-27(20)21)28(32)30-23-8-3-2-7-22(23)29/h2-10,13,15-16H,11-12,14H2,1H3,(H,30,32). The van der Waals surface area contributed by atoms with E-state index < -0.39 is 0 Å². The number of carbonyl (C=O) groups is 2. The number of thiophene rings is 1. The summed E-state index contributed by atoms with van der Waals surface area (Å²) >= 11 is 7.65. The summed E-state index contributed by atoms with van der Waals surface area (Å²) in [6.07, 6.45) is 0.938. The van der Waals surface area contributed by atoms with Crippen LogP contribution in [0.2, 0.25) is 5.02 Å². The fourth-order valence-corrected chi connectivity index (χ4v) is 5.40. The minimum atomic E-state index is -0.271. The van der Waals surface area contributed by atoms with Gasteiger partial charge >= 0.3 is 5.97 Å². The van der Waals surface area contributed by atoms with E-state index in [1.807, 2.05) is 60.7 Å². The van der Waals surface area contributed by atoms with Gasteiger partial charge in [0.25, 0.3) is 5.91 Å². The van der Waals surface area contributed by atoms with E-state index in [0.29, 0.717) is 28.6 Å². The highest BCUT2D eigenvalue weighted by molar-refractivity contribution is 7.17. The molecule has 0 radical (unpaired) electrons. The maximum Gasteiger partial charge on any atom is 0.309 e. The predicted octanol–water partition coefficient (Wildman–Crippen LogP) is 6.64. The second-order valence-electron chi connectivity index (χ2n) is 8.16. The molecule has 5 rings (SSSR count). The van der Waals surface area contributed by atoms with Crippen molar-refractivity contribution in [3.63, 3.8) is 0 Å². The Kier molecular flexibility index (Phi) is 6.57. The Hall–Kier alpha value is -3.61. The Morgan fingerprint density at radius 2 is 1.86 bits per heavy atom. The molecular formula is C28H22ClNO4S. The topological polar surface area (TPSA) is 64.6 Å². The number of esters is 1. The van der Waals surface area contributed by atoms with Crippen molar-refractivity contribution in [1.29, 1.82) is 0 Å². The van der Waals surface area contributed by atoms with E-state index in [4.69, 9.17) is 21.1 Å². The van der Waals surface area contributed by atoms with Gasteiger partial charge in [0.05, 0.1) is 35.7 Å². The largest absolute Gasteiger partial charge is 0.493 e. The molecule has 4 aromatic rings. The first-order valence-electron chi connectivity index (χ1n) is 11.1. The van der Waals surface area contributed by atoms with Gasteiger partial charge in [-0.1, -0.05) is 54.1 Å². The lowest BCUT2D eigenvalue weighted by Crippen LogP contribution is -2.10. The van der Waals surface area contributed by atoms with Crippen LogP contribution >= 0.6 is 22.9 Å². The number of hydrogen-bond acceptors (Lipinski definition) is 5. The monoisotopic (exact) mass is 503 g/mol. The Labute approximate surface area is 212 Å². The summed E-state index contributed by atoms with van der Waals surface area (Å²) in [4.78, 5) is 26.3. The number of hydrogen-bond donors (Lipinski definition) is 1. The number of amides is 1. The van der Waals surface area contributed by atoms with Gasteiger partial charge in [-0.2, -0.15) is 0 Å². The number of benzene rings is 3. The molecule has 3 aromatic carbocycles. The highest BCUT2D eigenvalue weighted by Gasteiger charge is 2.22. The molecule has 35 heavy (non-hydrogen) atoms. The van der Waals surface area contributed by atoms with Crippen LogP contribution in [0.3, 0.4) is 0 Å². The number of rotatable bonds is 5. The number of fused-ring (bicyclic) bond motifs is 3. The highest BCUT2D eigenvalue weighted by atomic mass is 35.5. The SMILES string of the molecule is COC(=O)Cc1cccc(-c2ccc3c(c2)OCCc2cc(C(=O)Nc4ccccc4Cl)sc2-3)c1. The summed E-state index contributed by atoms with van der Waals surface area (Å²) in [6, 6.07) is 23.1. The number of nitrogens with one attached hydrogen (secondary N) is 1. The van der Waals surface area contributed by atoms with Gasteiger partial charge in [-0.05, 0) is 52.6 Å². The number of ether oxygens (including phenoxy) is 2. The molecule has 0 spiro atoms.